The van der Waals surface area contributed by atoms with E-state index in [2.05, 4.69) is 15.0 Å². The normalized spacial score (nSPS) is 12.0. The number of ether oxygens (including phenoxy) is 3. The Morgan fingerprint density at radius 2 is 0.611 bits per heavy atom. The number of aliphatic hydroxyl groups is 3. The van der Waals surface area contributed by atoms with Crippen LogP contribution in [0.4, 0.5) is 0 Å². The maximum absolute atomic E-state index is 11.7. The van der Waals surface area contributed by atoms with E-state index in [0.717, 1.165) is 0 Å². The molecule has 3 atom stereocenters. The van der Waals surface area contributed by atoms with Gasteiger partial charge in [-0.05, 0) is 55.7 Å². The number of hydrogen-bond donors (Lipinski definition) is 3. The predicted octanol–water partition coefficient (Wildman–Crippen LogP) is -6.98. The number of carboxylic acid groups (broad SMARTS) is 4. The quantitative estimate of drug-likeness (QED) is 0.0318. The van der Waals surface area contributed by atoms with Gasteiger partial charge >= 0.3 is 121 Å². The summed E-state index contributed by atoms with van der Waals surface area (Å²) < 4.78 is 14.7. The first kappa shape index (κ1) is 117. The van der Waals surface area contributed by atoms with Crippen LogP contribution in [0.15, 0.2) is 69.6 Å². The molecule has 0 aliphatic carbocycles. The molecule has 0 saturated carbocycles. The van der Waals surface area contributed by atoms with Crippen molar-refractivity contribution in [2.24, 2.45) is 36.6 Å². The second kappa shape index (κ2) is 57.8. The molecule has 8 N–H and O–H groups in total. The van der Waals surface area contributed by atoms with Gasteiger partial charge in [-0.15, -0.1) is 19.8 Å². The molecule has 507 valence electrons. The van der Waals surface area contributed by atoms with Gasteiger partial charge in [-0.2, -0.15) is 0 Å². The van der Waals surface area contributed by atoms with Gasteiger partial charge in [0.1, 0.15) is 17.2 Å². The van der Waals surface area contributed by atoms with Crippen LogP contribution in [-0.4, -0.2) is 141 Å². The van der Waals surface area contributed by atoms with Crippen molar-refractivity contribution in [1.82, 2.24) is 0 Å². The van der Waals surface area contributed by atoms with Crippen LogP contribution in [0.5, 0.6) is 34.5 Å². The molecule has 0 aliphatic heterocycles. The maximum Gasteiger partial charge on any atom is 3.00 e. The zero-order valence-electron chi connectivity index (χ0n) is 54.1. The standard InChI is InChI=1S/3C12H16NO4.4C5H10O2.Gd.3Mn.N3.Na.2H2O.O/c3*1-12(7-14,8-15)13-6-9-4-3-5-10(17-2)11(9)16;4*1-5(2,3)4(6)7;;;;;1-3-2;;;;/h3*3-6,14,16H,7-8H2,1-2H3;4*1-3H3,(H,6,7);;;;;;;2*1H2;/q3*-1;;;;;4*+3;-1;+1;;;-2/p-6/t3*12-;;;;;;;;;;;;;/m100............./s1. The summed E-state index contributed by atoms with van der Waals surface area (Å²) >= 11 is 0. The van der Waals surface area contributed by atoms with Gasteiger partial charge in [0.15, 0.2) is 0 Å². The first-order chi connectivity index (χ1) is 37.4. The Kier molecular flexibility index (Phi) is 75.0. The number of nitrogens with zero attached hydrogens (tertiary/aromatic N) is 6. The number of carboxylic acids is 4. The van der Waals surface area contributed by atoms with Gasteiger partial charge in [-0.25, -0.2) is 0 Å². The van der Waals surface area contributed by atoms with Gasteiger partial charge in [-0.1, -0.05) is 137 Å². The van der Waals surface area contributed by atoms with E-state index in [1.807, 2.05) is 0 Å². The van der Waals surface area contributed by atoms with E-state index in [9.17, 15) is 70.2 Å². The van der Waals surface area contributed by atoms with Crippen LogP contribution >= 0.6 is 0 Å². The third kappa shape index (κ3) is 53.7. The monoisotopic (exact) mass is 1560 g/mol. The molecule has 0 aliphatic rings. The van der Waals surface area contributed by atoms with Gasteiger partial charge in [0.2, 0.25) is 0 Å². The molecule has 3 rings (SSSR count). The fraction of sp³-hybridized carbons (Fsp3) is 0.554. The predicted molar refractivity (Wildman–Crippen MR) is 298 cm³/mol. The number of hydrogen-bond acceptors (Lipinski definition) is 23. The van der Waals surface area contributed by atoms with Crippen molar-refractivity contribution in [3.05, 3.63) is 87.3 Å². The molecule has 0 fully saturated rings. The largest absolute Gasteiger partial charge is 3.00 e. The number of aliphatic carboxylic acids is 4. The van der Waals surface area contributed by atoms with E-state index in [-0.39, 0.29) is 191 Å². The maximum atomic E-state index is 11.7. The average molecular weight is 1560 g/mol. The van der Waals surface area contributed by atoms with Crippen molar-refractivity contribution < 1.29 is 237 Å². The van der Waals surface area contributed by atoms with Crippen molar-refractivity contribution in [2.45, 2.75) is 120 Å². The molecule has 90 heavy (non-hydrogen) atoms. The molecule has 3 aromatic carbocycles. The Hall–Kier alpha value is -3.82. The van der Waals surface area contributed by atoms with Crippen molar-refractivity contribution in [2.75, 3.05) is 61.0 Å². The van der Waals surface area contributed by atoms with Crippen molar-refractivity contribution >= 4 is 42.5 Å². The summed E-state index contributed by atoms with van der Waals surface area (Å²) in [5.74, 6) is -4.22. The molecule has 0 bridgehead atoms. The molecule has 0 saturated heterocycles. The molecule has 29 nitrogen and oxygen atoms in total. The molecule has 0 heterocycles. The van der Waals surface area contributed by atoms with E-state index < -0.39 is 82.0 Å². The van der Waals surface area contributed by atoms with Crippen LogP contribution in [0.25, 0.3) is 16.0 Å². The number of aliphatic hydroxyl groups excluding tert-OH is 3. The number of benzene rings is 3. The fourth-order valence-corrected chi connectivity index (χ4v) is 3.43. The summed E-state index contributed by atoms with van der Waals surface area (Å²) in [5, 5.41) is 134. The smallest absolute Gasteiger partial charge is 2.00 e. The minimum atomic E-state index is -1.09. The van der Waals surface area contributed by atoms with Crippen molar-refractivity contribution in [3.8, 4) is 34.5 Å². The molecule has 0 spiro atoms. The summed E-state index contributed by atoms with van der Waals surface area (Å²) in [5.41, 5.74) is 8.45. The molecule has 1 radical (unpaired) electrons. The number of carbonyl (C=O) groups is 4. The van der Waals surface area contributed by atoms with Crippen molar-refractivity contribution in [3.63, 3.8) is 0 Å². The molecule has 34 heteroatoms. The molecule has 0 amide bonds. The molecular weight excluding hydrogens is 1470 g/mol. The van der Waals surface area contributed by atoms with Gasteiger partial charge in [0.25, 0.3) is 0 Å². The Bertz CT molecular complexity index is 2230. The summed E-state index contributed by atoms with van der Waals surface area (Å²) in [6.07, 6.45) is 3.91. The molecule has 0 unspecified atom stereocenters. The summed E-state index contributed by atoms with van der Waals surface area (Å²) in [7, 11) is 4.23. The Labute approximate surface area is 613 Å². The zero-order chi connectivity index (χ0) is 65.7. The average Bonchev–Trinajstić information content (AvgIpc) is 3.40. The minimum Gasteiger partial charge on any atom is -2.00 e. The molecular formula is C56H86GdMn3N6NaO23+. The van der Waals surface area contributed by atoms with Crippen LogP contribution in [0.3, 0.4) is 0 Å². The van der Waals surface area contributed by atoms with Crippen LogP contribution in [0.2, 0.25) is 0 Å². The minimum absolute atomic E-state index is 0. The van der Waals surface area contributed by atoms with Crippen LogP contribution in [0, 0.1) is 61.6 Å². The first-order valence-electron chi connectivity index (χ1n) is 24.5. The zero-order valence-corrected chi connectivity index (χ0v) is 61.9. The Morgan fingerprint density at radius 3 is 0.711 bits per heavy atom. The van der Waals surface area contributed by atoms with Crippen molar-refractivity contribution in [1.29, 1.82) is 0 Å². The molecule has 0 aromatic heterocycles. The van der Waals surface area contributed by atoms with E-state index >= 15 is 0 Å². The fourth-order valence-electron chi connectivity index (χ4n) is 3.43. The van der Waals surface area contributed by atoms with E-state index in [0.29, 0.717) is 16.7 Å². The van der Waals surface area contributed by atoms with Gasteiger partial charge in [0, 0.05) is 64.2 Å². The van der Waals surface area contributed by atoms with E-state index in [4.69, 9.17) is 40.6 Å². The number of rotatable bonds is 15. The Morgan fingerprint density at radius 1 is 0.467 bits per heavy atom. The number of carbonyl (C=O) groups excluding carboxylic acids is 4. The topological polar surface area (TPSA) is 576 Å². The number of methoxy groups -OCH3 is 3. The van der Waals surface area contributed by atoms with Gasteiger partial charge in [-0.3, -0.25) is 19.9 Å². The summed E-state index contributed by atoms with van der Waals surface area (Å²) in [6, 6.07) is 14.4. The summed E-state index contributed by atoms with van der Waals surface area (Å²) in [6.45, 7) is 21.1. The second-order valence-electron chi connectivity index (χ2n) is 22.0. The number of aliphatic imine (C=N–C) groups is 3. The van der Waals surface area contributed by atoms with E-state index in [1.165, 1.54) is 65.7 Å². The summed E-state index contributed by atoms with van der Waals surface area (Å²) in [4.78, 5) is 53.0. The van der Waals surface area contributed by atoms with Crippen LogP contribution in [0.1, 0.15) is 121 Å². The van der Waals surface area contributed by atoms with E-state index in [1.54, 1.807) is 138 Å². The first-order valence-corrected chi connectivity index (χ1v) is 24.5. The number of para-hydroxylation sites is 3. The third-order valence-corrected chi connectivity index (χ3v) is 9.64. The SMILES string of the molecule is CC(C)(C)C(=O)[O-].CC(C)(C)C(=O)[O-].CC(C)(C)C(=O)[O-].CC(C)(C)C(=O)[O-].COc1cccc(C=N[C@@](C)(C[O-])CO)c1[O-].COc1cccc(C=N[C@](C)(C[O-])CO)c1[O-].COc1cccc(C=N[C@](C)(C[O-])CO)c1[O-].O.[Gd+3].[Mn+3].[Mn+3].[Mn+3].[N-]=[N+]=[N-].[Na+].[O-2].[OH3+]. The van der Waals surface area contributed by atoms with Crippen LogP contribution < -0.4 is 94.8 Å². The van der Waals surface area contributed by atoms with Gasteiger partial charge < -0.3 is 127 Å². The Balaban J connectivity index is -0.0000000708. The third-order valence-electron chi connectivity index (χ3n) is 9.64. The van der Waals surface area contributed by atoms with Gasteiger partial charge in [0.05, 0.1) is 57.8 Å². The second-order valence-corrected chi connectivity index (χ2v) is 22.0. The van der Waals surface area contributed by atoms with Crippen LogP contribution in [-0.2, 0) is 81.3 Å². The molecule has 3 aromatic rings.